The van der Waals surface area contributed by atoms with Crippen LogP contribution in [0.3, 0.4) is 0 Å². The van der Waals surface area contributed by atoms with Crippen LogP contribution in [-0.4, -0.2) is 39.4 Å². The maximum Gasteiger partial charge on any atom is 0.314 e. The van der Waals surface area contributed by atoms with Crippen LogP contribution in [0, 0.1) is 5.82 Å². The van der Waals surface area contributed by atoms with Gasteiger partial charge < -0.3 is 20.1 Å². The highest BCUT2D eigenvalue weighted by molar-refractivity contribution is 5.73. The highest BCUT2D eigenvalue weighted by Crippen LogP contribution is 2.10. The molecular weight excluding hydrogens is 239 g/mol. The molecular formula is C12H17FN2O3. The number of halogens is 1. The molecule has 5 nitrogen and oxygen atoms in total. The minimum Gasteiger partial charge on any atom is -0.492 e. The zero-order chi connectivity index (χ0) is 13.2. The fraction of sp³-hybridized carbons (Fsp3) is 0.417. The van der Waals surface area contributed by atoms with Gasteiger partial charge >= 0.3 is 6.03 Å². The predicted molar refractivity (Wildman–Crippen MR) is 65.2 cm³/mol. The van der Waals surface area contributed by atoms with E-state index in [9.17, 15) is 9.18 Å². The van der Waals surface area contributed by atoms with Crippen molar-refractivity contribution in [3.8, 4) is 5.75 Å². The van der Waals surface area contributed by atoms with Crippen LogP contribution in [-0.2, 0) is 4.74 Å². The minimum atomic E-state index is -0.307. The minimum absolute atomic E-state index is 0.269. The van der Waals surface area contributed by atoms with Gasteiger partial charge in [-0.25, -0.2) is 9.18 Å². The molecule has 2 N–H and O–H groups in total. The third kappa shape index (κ3) is 6.05. The van der Waals surface area contributed by atoms with Crippen LogP contribution < -0.4 is 15.4 Å². The Bertz CT molecular complexity index is 357. The predicted octanol–water partition coefficient (Wildman–Crippen LogP) is 1.15. The Morgan fingerprint density at radius 2 is 1.78 bits per heavy atom. The molecule has 1 aromatic rings. The van der Waals surface area contributed by atoms with E-state index < -0.39 is 0 Å². The number of ether oxygens (including phenoxy) is 2. The number of benzene rings is 1. The summed E-state index contributed by atoms with van der Waals surface area (Å²) >= 11 is 0. The van der Waals surface area contributed by atoms with Gasteiger partial charge in [-0.1, -0.05) is 0 Å². The molecule has 0 unspecified atom stereocenters. The fourth-order valence-corrected chi connectivity index (χ4v) is 1.19. The van der Waals surface area contributed by atoms with Crippen molar-refractivity contribution in [2.75, 3.05) is 33.4 Å². The van der Waals surface area contributed by atoms with E-state index in [0.717, 1.165) is 0 Å². The lowest BCUT2D eigenvalue weighted by Gasteiger charge is -2.08. The van der Waals surface area contributed by atoms with Crippen molar-refractivity contribution >= 4 is 6.03 Å². The lowest BCUT2D eigenvalue weighted by atomic mass is 10.3. The summed E-state index contributed by atoms with van der Waals surface area (Å²) in [7, 11) is 1.57. The first-order valence-corrected chi connectivity index (χ1v) is 5.61. The summed E-state index contributed by atoms with van der Waals surface area (Å²) in [5, 5.41) is 5.23. The third-order valence-electron chi connectivity index (χ3n) is 2.06. The Morgan fingerprint density at radius 3 is 2.39 bits per heavy atom. The fourth-order valence-electron chi connectivity index (χ4n) is 1.19. The van der Waals surface area contributed by atoms with Crippen LogP contribution >= 0.6 is 0 Å². The molecule has 0 aliphatic carbocycles. The van der Waals surface area contributed by atoms with Gasteiger partial charge in [0.2, 0.25) is 0 Å². The van der Waals surface area contributed by atoms with E-state index in [0.29, 0.717) is 32.1 Å². The molecule has 0 radical (unpaired) electrons. The molecule has 2 amide bonds. The van der Waals surface area contributed by atoms with Gasteiger partial charge in [0.15, 0.2) is 0 Å². The number of urea groups is 1. The summed E-state index contributed by atoms with van der Waals surface area (Å²) < 4.78 is 22.7. The number of hydrogen-bond donors (Lipinski definition) is 2. The van der Waals surface area contributed by atoms with Gasteiger partial charge in [-0.15, -0.1) is 0 Å². The highest BCUT2D eigenvalue weighted by Gasteiger charge is 1.98. The molecule has 1 aromatic carbocycles. The van der Waals surface area contributed by atoms with Gasteiger partial charge in [-0.2, -0.15) is 0 Å². The molecule has 0 spiro atoms. The van der Waals surface area contributed by atoms with Crippen molar-refractivity contribution in [1.82, 2.24) is 10.6 Å². The van der Waals surface area contributed by atoms with E-state index in [1.165, 1.54) is 24.3 Å². The molecule has 0 saturated carbocycles. The SMILES string of the molecule is COCCNC(=O)NCCOc1ccc(F)cc1. The average Bonchev–Trinajstić information content (AvgIpc) is 2.37. The first-order valence-electron chi connectivity index (χ1n) is 5.61. The first-order chi connectivity index (χ1) is 8.72. The van der Waals surface area contributed by atoms with Gasteiger partial charge in [-0.05, 0) is 24.3 Å². The van der Waals surface area contributed by atoms with E-state index in [4.69, 9.17) is 9.47 Å². The van der Waals surface area contributed by atoms with Crippen molar-refractivity contribution in [3.63, 3.8) is 0 Å². The molecule has 0 saturated heterocycles. The van der Waals surface area contributed by atoms with Crippen molar-refractivity contribution in [1.29, 1.82) is 0 Å². The molecule has 100 valence electrons. The summed E-state index contributed by atoms with van der Waals surface area (Å²) in [6.45, 7) is 1.63. The highest BCUT2D eigenvalue weighted by atomic mass is 19.1. The summed E-state index contributed by atoms with van der Waals surface area (Å²) in [5.74, 6) is 0.260. The van der Waals surface area contributed by atoms with Crippen LogP contribution in [0.25, 0.3) is 0 Å². The van der Waals surface area contributed by atoms with Crippen molar-refractivity contribution in [3.05, 3.63) is 30.1 Å². The lowest BCUT2D eigenvalue weighted by molar-refractivity contribution is 0.195. The smallest absolute Gasteiger partial charge is 0.314 e. The summed E-state index contributed by atoms with van der Waals surface area (Å²) in [6.07, 6.45) is 0. The average molecular weight is 256 g/mol. The molecule has 0 aromatic heterocycles. The van der Waals surface area contributed by atoms with E-state index in [1.807, 2.05) is 0 Å². The Kier molecular flexibility index (Phi) is 6.56. The normalized spacial score (nSPS) is 9.89. The number of carbonyl (C=O) groups is 1. The van der Waals surface area contributed by atoms with Crippen LogP contribution in [0.4, 0.5) is 9.18 Å². The Balaban J connectivity index is 2.07. The number of methoxy groups -OCH3 is 1. The lowest BCUT2D eigenvalue weighted by Crippen LogP contribution is -2.39. The summed E-state index contributed by atoms with van der Waals surface area (Å²) in [6, 6.07) is 5.44. The molecule has 1 rings (SSSR count). The molecule has 0 heterocycles. The molecule has 0 aliphatic heterocycles. The van der Waals surface area contributed by atoms with Crippen LogP contribution in [0.1, 0.15) is 0 Å². The second-order valence-electron chi connectivity index (χ2n) is 3.48. The van der Waals surface area contributed by atoms with Gasteiger partial charge in [0.25, 0.3) is 0 Å². The standard InChI is InChI=1S/C12H17FN2O3/c1-17-8-6-14-12(16)15-7-9-18-11-4-2-10(13)3-5-11/h2-5H,6-9H2,1H3,(H2,14,15,16). The largest absolute Gasteiger partial charge is 0.492 e. The number of hydrogen-bond acceptors (Lipinski definition) is 3. The summed E-state index contributed by atoms with van der Waals surface area (Å²) in [4.78, 5) is 11.2. The Labute approximate surface area is 105 Å². The molecule has 0 fully saturated rings. The first kappa shape index (κ1) is 14.2. The van der Waals surface area contributed by atoms with Gasteiger partial charge in [0, 0.05) is 13.7 Å². The topological polar surface area (TPSA) is 59.6 Å². The molecule has 0 aliphatic rings. The quantitative estimate of drug-likeness (QED) is 0.719. The van der Waals surface area contributed by atoms with Gasteiger partial charge in [-0.3, -0.25) is 0 Å². The van der Waals surface area contributed by atoms with Crippen molar-refractivity contribution in [2.45, 2.75) is 0 Å². The molecule has 18 heavy (non-hydrogen) atoms. The van der Waals surface area contributed by atoms with E-state index >= 15 is 0 Å². The number of nitrogens with one attached hydrogen (secondary N) is 2. The zero-order valence-electron chi connectivity index (χ0n) is 10.2. The Hall–Kier alpha value is -1.82. The maximum atomic E-state index is 12.6. The summed E-state index contributed by atoms with van der Waals surface area (Å²) in [5.41, 5.74) is 0. The van der Waals surface area contributed by atoms with E-state index in [-0.39, 0.29) is 11.8 Å². The van der Waals surface area contributed by atoms with Crippen molar-refractivity contribution in [2.24, 2.45) is 0 Å². The molecule has 6 heteroatoms. The van der Waals surface area contributed by atoms with Crippen LogP contribution in [0.2, 0.25) is 0 Å². The maximum absolute atomic E-state index is 12.6. The second-order valence-corrected chi connectivity index (χ2v) is 3.48. The monoisotopic (exact) mass is 256 g/mol. The molecule has 0 bridgehead atoms. The number of amides is 2. The zero-order valence-corrected chi connectivity index (χ0v) is 10.2. The molecule has 0 atom stereocenters. The van der Waals surface area contributed by atoms with E-state index in [1.54, 1.807) is 7.11 Å². The number of rotatable bonds is 7. The van der Waals surface area contributed by atoms with Gasteiger partial charge in [0.1, 0.15) is 18.2 Å². The van der Waals surface area contributed by atoms with Crippen molar-refractivity contribution < 1.29 is 18.7 Å². The van der Waals surface area contributed by atoms with Crippen LogP contribution in [0.15, 0.2) is 24.3 Å². The number of carbonyl (C=O) groups excluding carboxylic acids is 1. The third-order valence-corrected chi connectivity index (χ3v) is 2.06. The van der Waals surface area contributed by atoms with Gasteiger partial charge in [0.05, 0.1) is 13.2 Å². The van der Waals surface area contributed by atoms with Crippen LogP contribution in [0.5, 0.6) is 5.75 Å². The second kappa shape index (κ2) is 8.30. The van der Waals surface area contributed by atoms with E-state index in [2.05, 4.69) is 10.6 Å². The Morgan fingerprint density at radius 1 is 1.17 bits per heavy atom.